The van der Waals surface area contributed by atoms with Crippen molar-refractivity contribution in [2.24, 2.45) is 0 Å². The smallest absolute Gasteiger partial charge is 0.211 e. The number of hydrogen-bond acceptors (Lipinski definition) is 3. The maximum atomic E-state index is 6.10. The van der Waals surface area contributed by atoms with E-state index in [1.807, 2.05) is 53.0 Å². The van der Waals surface area contributed by atoms with Crippen molar-refractivity contribution in [2.75, 3.05) is 0 Å². The molecule has 2 heterocycles. The molecule has 138 valence electrons. The van der Waals surface area contributed by atoms with Gasteiger partial charge in [-0.25, -0.2) is 4.98 Å². The molecule has 0 amide bonds. The van der Waals surface area contributed by atoms with E-state index in [0.717, 1.165) is 46.8 Å². The van der Waals surface area contributed by atoms with Crippen LogP contribution in [-0.2, 0) is 6.42 Å². The third-order valence-corrected chi connectivity index (χ3v) is 5.53. The van der Waals surface area contributed by atoms with Crippen molar-refractivity contribution >= 4 is 40.6 Å². The highest BCUT2D eigenvalue weighted by Gasteiger charge is 2.23. The summed E-state index contributed by atoms with van der Waals surface area (Å²) in [5.74, 6) is 0.604. The highest BCUT2D eigenvalue weighted by atomic mass is 35.5. The van der Waals surface area contributed by atoms with Crippen LogP contribution in [-0.4, -0.2) is 19.6 Å². The van der Waals surface area contributed by atoms with E-state index in [1.54, 1.807) is 6.33 Å². The molecule has 0 fully saturated rings. The van der Waals surface area contributed by atoms with Gasteiger partial charge in [0.25, 0.3) is 5.78 Å². The van der Waals surface area contributed by atoms with Gasteiger partial charge in [-0.1, -0.05) is 47.5 Å². The zero-order valence-electron chi connectivity index (χ0n) is 14.9. The third kappa shape index (κ3) is 3.09. The van der Waals surface area contributed by atoms with Gasteiger partial charge in [0, 0.05) is 21.2 Å². The molecule has 4 nitrogen and oxygen atoms in total. The molecule has 1 aliphatic carbocycles. The monoisotopic (exact) mass is 406 g/mol. The van der Waals surface area contributed by atoms with Gasteiger partial charge in [0.2, 0.25) is 0 Å². The molecule has 1 aliphatic rings. The lowest BCUT2D eigenvalue weighted by molar-refractivity contribution is 0.792. The van der Waals surface area contributed by atoms with E-state index in [2.05, 4.69) is 16.2 Å². The van der Waals surface area contributed by atoms with Gasteiger partial charge in [-0.2, -0.15) is 14.6 Å². The van der Waals surface area contributed by atoms with Crippen LogP contribution in [0.5, 0.6) is 0 Å². The molecule has 0 saturated heterocycles. The lowest BCUT2D eigenvalue weighted by Crippen LogP contribution is -2.11. The van der Waals surface area contributed by atoms with Crippen LogP contribution < -0.4 is 0 Å². The average molecular weight is 407 g/mol. The number of benzene rings is 2. The van der Waals surface area contributed by atoms with Crippen molar-refractivity contribution in [3.63, 3.8) is 0 Å². The van der Waals surface area contributed by atoms with Gasteiger partial charge in [-0.3, -0.25) is 0 Å². The van der Waals surface area contributed by atoms with Crippen LogP contribution in [0.3, 0.4) is 0 Å². The summed E-state index contributed by atoms with van der Waals surface area (Å²) in [6.45, 7) is 0. The molecule has 2 aromatic carbocycles. The minimum absolute atomic E-state index is 0.604. The lowest BCUT2D eigenvalue weighted by atomic mass is 9.87. The maximum absolute atomic E-state index is 6.10. The summed E-state index contributed by atoms with van der Waals surface area (Å²) in [4.78, 5) is 9.20. The molecule has 0 atom stereocenters. The van der Waals surface area contributed by atoms with E-state index in [9.17, 15) is 0 Å². The number of nitrogens with zero attached hydrogens (tertiary/aromatic N) is 4. The Bertz CT molecular complexity index is 1190. The standard InChI is InChI=1S/C22H16Cl2N4/c23-17-8-4-14(5-9-17)12-16-2-1-3-19-20(16)27-22-25-13-26-28(22)21(19)15-6-10-18(24)11-7-15/h4-13H,1-3H2. The van der Waals surface area contributed by atoms with Gasteiger partial charge in [0.1, 0.15) is 6.33 Å². The molecule has 4 aromatic rings. The first-order valence-corrected chi connectivity index (χ1v) is 9.90. The van der Waals surface area contributed by atoms with E-state index >= 15 is 0 Å². The van der Waals surface area contributed by atoms with Crippen LogP contribution >= 0.6 is 23.2 Å². The molecule has 0 spiro atoms. The van der Waals surface area contributed by atoms with Crippen LogP contribution in [0.4, 0.5) is 0 Å². The van der Waals surface area contributed by atoms with Crippen LogP contribution in [0.15, 0.2) is 54.9 Å². The molecule has 2 aromatic heterocycles. The molecule has 0 radical (unpaired) electrons. The summed E-state index contributed by atoms with van der Waals surface area (Å²) in [5, 5.41) is 5.87. The second-order valence-corrected chi connectivity index (χ2v) is 7.71. The molecule has 5 rings (SSSR count). The summed E-state index contributed by atoms with van der Waals surface area (Å²) < 4.78 is 1.83. The van der Waals surface area contributed by atoms with Crippen molar-refractivity contribution in [1.29, 1.82) is 0 Å². The van der Waals surface area contributed by atoms with Crippen molar-refractivity contribution in [2.45, 2.75) is 19.3 Å². The summed E-state index contributed by atoms with van der Waals surface area (Å²) >= 11 is 12.1. The molecule has 0 aliphatic heterocycles. The topological polar surface area (TPSA) is 43.1 Å². The molecule has 28 heavy (non-hydrogen) atoms. The Labute approximate surface area is 172 Å². The quantitative estimate of drug-likeness (QED) is 0.411. The number of hydrogen-bond donors (Lipinski definition) is 0. The van der Waals surface area contributed by atoms with Gasteiger partial charge < -0.3 is 0 Å². The fourth-order valence-corrected chi connectivity index (χ4v) is 4.01. The molecule has 0 bridgehead atoms. The van der Waals surface area contributed by atoms with E-state index in [-0.39, 0.29) is 0 Å². The van der Waals surface area contributed by atoms with Crippen molar-refractivity contribution in [3.05, 3.63) is 81.7 Å². The summed E-state index contributed by atoms with van der Waals surface area (Å²) in [5.41, 5.74) is 6.63. The number of aromatic nitrogens is 4. The molecule has 0 saturated carbocycles. The van der Waals surface area contributed by atoms with Crippen LogP contribution in [0.2, 0.25) is 10.0 Å². The van der Waals surface area contributed by atoms with Gasteiger partial charge in [0.15, 0.2) is 0 Å². The SMILES string of the molecule is Clc1ccc(C=C2CCCc3c2nc2ncnn2c3-c2ccc(Cl)cc2)cc1. The Morgan fingerprint density at radius 2 is 1.61 bits per heavy atom. The Balaban J connectivity index is 1.73. The van der Waals surface area contributed by atoms with Gasteiger partial charge in [-0.15, -0.1) is 0 Å². The van der Waals surface area contributed by atoms with E-state index in [1.165, 1.54) is 11.1 Å². The Morgan fingerprint density at radius 1 is 0.893 bits per heavy atom. The summed E-state index contributed by atoms with van der Waals surface area (Å²) in [7, 11) is 0. The normalized spacial score (nSPS) is 15.1. The second kappa shape index (κ2) is 7.04. The van der Waals surface area contributed by atoms with Crippen molar-refractivity contribution in [1.82, 2.24) is 19.6 Å². The van der Waals surface area contributed by atoms with Crippen LogP contribution in [0.25, 0.3) is 28.7 Å². The van der Waals surface area contributed by atoms with E-state index < -0.39 is 0 Å². The summed E-state index contributed by atoms with van der Waals surface area (Å²) in [6.07, 6.45) is 6.74. The number of fused-ring (bicyclic) bond motifs is 2. The first-order valence-electron chi connectivity index (χ1n) is 9.14. The number of allylic oxidation sites excluding steroid dienone is 1. The zero-order valence-corrected chi connectivity index (χ0v) is 16.5. The Morgan fingerprint density at radius 3 is 2.36 bits per heavy atom. The molecular formula is C22H16Cl2N4. The summed E-state index contributed by atoms with van der Waals surface area (Å²) in [6, 6.07) is 15.7. The Hall–Kier alpha value is -2.69. The van der Waals surface area contributed by atoms with E-state index in [0.29, 0.717) is 10.8 Å². The van der Waals surface area contributed by atoms with Crippen molar-refractivity contribution < 1.29 is 0 Å². The number of halogens is 2. The number of rotatable bonds is 2. The highest BCUT2D eigenvalue weighted by Crippen LogP contribution is 2.37. The van der Waals surface area contributed by atoms with Gasteiger partial charge >= 0.3 is 0 Å². The third-order valence-electron chi connectivity index (χ3n) is 5.03. The average Bonchev–Trinajstić information content (AvgIpc) is 3.17. The Kier molecular flexibility index (Phi) is 4.38. The predicted molar refractivity (Wildman–Crippen MR) is 113 cm³/mol. The van der Waals surface area contributed by atoms with E-state index in [4.69, 9.17) is 28.2 Å². The molecular weight excluding hydrogens is 391 g/mol. The first-order chi connectivity index (χ1) is 13.7. The minimum atomic E-state index is 0.604. The predicted octanol–water partition coefficient (Wildman–Crippen LogP) is 5.98. The second-order valence-electron chi connectivity index (χ2n) is 6.84. The molecule has 0 unspecified atom stereocenters. The fourth-order valence-electron chi connectivity index (χ4n) is 3.76. The minimum Gasteiger partial charge on any atom is -0.211 e. The zero-order chi connectivity index (χ0) is 19.1. The van der Waals surface area contributed by atoms with Crippen LogP contribution in [0, 0.1) is 0 Å². The van der Waals surface area contributed by atoms with Gasteiger partial charge in [0.05, 0.1) is 11.4 Å². The highest BCUT2D eigenvalue weighted by molar-refractivity contribution is 6.30. The van der Waals surface area contributed by atoms with Crippen molar-refractivity contribution in [3.8, 4) is 11.3 Å². The fraction of sp³-hybridized carbons (Fsp3) is 0.136. The largest absolute Gasteiger partial charge is 0.253 e. The lowest BCUT2D eigenvalue weighted by Gasteiger charge is -2.22. The van der Waals surface area contributed by atoms with Gasteiger partial charge in [-0.05, 0) is 60.7 Å². The molecule has 6 heteroatoms. The molecule has 0 N–H and O–H groups in total. The maximum Gasteiger partial charge on any atom is 0.253 e. The van der Waals surface area contributed by atoms with Crippen LogP contribution in [0.1, 0.15) is 29.7 Å². The first kappa shape index (κ1) is 17.4.